The summed E-state index contributed by atoms with van der Waals surface area (Å²) in [7, 11) is 0. The first-order valence-electron chi connectivity index (χ1n) is 15.4. The number of hydrogen-bond acceptors (Lipinski definition) is 8. The molecule has 3 saturated heterocycles. The topological polar surface area (TPSA) is 85.4 Å². The summed E-state index contributed by atoms with van der Waals surface area (Å²) in [6.07, 6.45) is 2.28. The third kappa shape index (κ3) is 4.66. The highest BCUT2D eigenvalue weighted by Gasteiger charge is 2.40. The van der Waals surface area contributed by atoms with Crippen LogP contribution < -0.4 is 10.2 Å². The Morgan fingerprint density at radius 3 is 2.58 bits per heavy atom. The first-order valence-corrected chi connectivity index (χ1v) is 16.4. The average Bonchev–Trinajstić information content (AvgIpc) is 3.75. The Balaban J connectivity index is 1.44. The standard InChI is InChI=1S/C31H32F4N8OS/c1-3-45-30-39-27-24(29(40-30)41-14-17-7-8-18(15-41)38-17)20-9-10-36-43(20)28(26(27)32)23-19-13-37-42(22-6-4-5-11-44-22)21(19)12-16(2)25(23)31(33,34)35/h9-10,12-13,17-18,22,38H,3-8,11,14-15H2,1-2H3. The van der Waals surface area contributed by atoms with Crippen LogP contribution in [0.3, 0.4) is 0 Å². The smallest absolute Gasteiger partial charge is 0.356 e. The van der Waals surface area contributed by atoms with Gasteiger partial charge < -0.3 is 15.0 Å². The number of nitrogens with one attached hydrogen (secondary N) is 1. The third-order valence-electron chi connectivity index (χ3n) is 9.24. The van der Waals surface area contributed by atoms with Gasteiger partial charge in [-0.2, -0.15) is 23.4 Å². The Hall–Kier alpha value is -3.49. The second-order valence-corrected chi connectivity index (χ2v) is 13.3. The summed E-state index contributed by atoms with van der Waals surface area (Å²) in [5.41, 5.74) is -0.696. The Morgan fingerprint density at radius 1 is 1.07 bits per heavy atom. The fourth-order valence-corrected chi connectivity index (χ4v) is 7.95. The van der Waals surface area contributed by atoms with Crippen molar-refractivity contribution in [3.05, 3.63) is 41.5 Å². The van der Waals surface area contributed by atoms with Crippen molar-refractivity contribution in [1.29, 1.82) is 0 Å². The SMILES string of the molecule is CCSc1nc(N2CC3CCC(C2)N3)c2c(n1)c(F)c(-c1c(C(F)(F)F)c(C)cc3c1cnn3C1CCCCO1)n1nccc21. The minimum atomic E-state index is -4.78. The second-order valence-electron chi connectivity index (χ2n) is 12.1. The number of aromatic nitrogens is 6. The summed E-state index contributed by atoms with van der Waals surface area (Å²) in [6, 6.07) is 3.75. The van der Waals surface area contributed by atoms with E-state index in [0.717, 1.165) is 25.7 Å². The quantitative estimate of drug-likeness (QED) is 0.132. The van der Waals surface area contributed by atoms with E-state index < -0.39 is 23.8 Å². The number of benzene rings is 1. The number of alkyl halides is 3. The predicted molar refractivity (Wildman–Crippen MR) is 164 cm³/mol. The Morgan fingerprint density at radius 2 is 1.87 bits per heavy atom. The van der Waals surface area contributed by atoms with E-state index in [1.807, 2.05) is 6.92 Å². The molecule has 7 heterocycles. The van der Waals surface area contributed by atoms with E-state index >= 15 is 4.39 Å². The van der Waals surface area contributed by atoms with Crippen LogP contribution in [0.25, 0.3) is 38.6 Å². The molecule has 8 rings (SSSR count). The number of thioether (sulfide) groups is 1. The lowest BCUT2D eigenvalue weighted by atomic mass is 9.94. The first-order chi connectivity index (χ1) is 21.7. The van der Waals surface area contributed by atoms with Gasteiger partial charge in [-0.1, -0.05) is 18.7 Å². The van der Waals surface area contributed by atoms with Crippen molar-refractivity contribution in [1.82, 2.24) is 34.7 Å². The monoisotopic (exact) mass is 640 g/mol. The van der Waals surface area contributed by atoms with Gasteiger partial charge in [0.2, 0.25) is 0 Å². The van der Waals surface area contributed by atoms with E-state index in [-0.39, 0.29) is 27.7 Å². The lowest BCUT2D eigenvalue weighted by Gasteiger charge is -2.34. The van der Waals surface area contributed by atoms with Crippen molar-refractivity contribution in [3.8, 4) is 11.3 Å². The van der Waals surface area contributed by atoms with Crippen LogP contribution in [0, 0.1) is 12.7 Å². The normalized spacial score (nSPS) is 22.4. The minimum absolute atomic E-state index is 0.0179. The molecule has 4 aromatic heterocycles. The number of fused-ring (bicyclic) bond motifs is 6. The molecule has 9 nitrogen and oxygen atoms in total. The minimum Gasteiger partial charge on any atom is -0.356 e. The van der Waals surface area contributed by atoms with Gasteiger partial charge in [-0.15, -0.1) is 0 Å². The van der Waals surface area contributed by atoms with Gasteiger partial charge >= 0.3 is 6.18 Å². The van der Waals surface area contributed by atoms with Crippen molar-refractivity contribution < 1.29 is 22.3 Å². The zero-order chi connectivity index (χ0) is 31.0. The number of halogens is 4. The first kappa shape index (κ1) is 28.9. The zero-order valence-electron chi connectivity index (χ0n) is 24.9. The van der Waals surface area contributed by atoms with Gasteiger partial charge in [-0.3, -0.25) is 0 Å². The second kappa shape index (κ2) is 10.8. The van der Waals surface area contributed by atoms with E-state index in [4.69, 9.17) is 9.72 Å². The van der Waals surface area contributed by atoms with Gasteiger partial charge in [0.15, 0.2) is 17.2 Å². The van der Waals surface area contributed by atoms with Crippen molar-refractivity contribution in [2.75, 3.05) is 30.3 Å². The van der Waals surface area contributed by atoms with Crippen molar-refractivity contribution >= 4 is 44.9 Å². The predicted octanol–water partition coefficient (Wildman–Crippen LogP) is 6.51. The number of nitrogens with zero attached hydrogens (tertiary/aromatic N) is 7. The highest BCUT2D eigenvalue weighted by molar-refractivity contribution is 7.99. The Labute approximate surface area is 260 Å². The lowest BCUT2D eigenvalue weighted by Crippen LogP contribution is -2.51. The number of aryl methyl sites for hydroxylation is 1. The number of hydrogen-bond donors (Lipinski definition) is 1. The molecule has 236 valence electrons. The molecule has 0 saturated carbocycles. The van der Waals surface area contributed by atoms with Crippen LogP contribution in [0.2, 0.25) is 0 Å². The molecule has 0 aliphatic carbocycles. The number of pyridine rings is 1. The van der Waals surface area contributed by atoms with Gasteiger partial charge in [0.1, 0.15) is 17.0 Å². The summed E-state index contributed by atoms with van der Waals surface area (Å²) >= 11 is 1.37. The zero-order valence-corrected chi connectivity index (χ0v) is 25.7. The van der Waals surface area contributed by atoms with Crippen LogP contribution in [-0.4, -0.2) is 66.9 Å². The van der Waals surface area contributed by atoms with Gasteiger partial charge in [0.25, 0.3) is 0 Å². The Bertz CT molecular complexity index is 1940. The molecule has 14 heteroatoms. The van der Waals surface area contributed by atoms with Crippen LogP contribution in [0.5, 0.6) is 0 Å². The van der Waals surface area contributed by atoms with E-state index in [9.17, 15) is 13.2 Å². The molecule has 3 aliphatic heterocycles. The summed E-state index contributed by atoms with van der Waals surface area (Å²) in [5, 5.41) is 13.5. The highest BCUT2D eigenvalue weighted by atomic mass is 32.2. The fourth-order valence-electron chi connectivity index (χ4n) is 7.38. The van der Waals surface area contributed by atoms with E-state index in [1.165, 1.54) is 41.7 Å². The summed E-state index contributed by atoms with van der Waals surface area (Å²) in [4.78, 5) is 11.7. The molecule has 0 radical (unpaired) electrons. The van der Waals surface area contributed by atoms with Gasteiger partial charge in [-0.25, -0.2) is 23.6 Å². The Kier molecular flexibility index (Phi) is 6.95. The van der Waals surface area contributed by atoms with Crippen molar-refractivity contribution in [2.24, 2.45) is 0 Å². The van der Waals surface area contributed by atoms with Crippen LogP contribution in [0.1, 0.15) is 56.4 Å². The van der Waals surface area contributed by atoms with Gasteiger partial charge in [-0.05, 0) is 62.5 Å². The number of piperazine rings is 1. The number of anilines is 1. The molecule has 0 spiro atoms. The number of rotatable bonds is 5. The largest absolute Gasteiger partial charge is 0.417 e. The summed E-state index contributed by atoms with van der Waals surface area (Å²) in [5.74, 6) is 0.360. The highest BCUT2D eigenvalue weighted by Crippen LogP contribution is 2.47. The van der Waals surface area contributed by atoms with Crippen LogP contribution in [0.15, 0.2) is 29.7 Å². The molecule has 3 aliphatic rings. The van der Waals surface area contributed by atoms with E-state index in [2.05, 4.69) is 25.4 Å². The molecule has 3 fully saturated rings. The summed E-state index contributed by atoms with van der Waals surface area (Å²) in [6.45, 7) is 5.29. The van der Waals surface area contributed by atoms with Crippen LogP contribution in [-0.2, 0) is 10.9 Å². The molecule has 5 aromatic rings. The molecular formula is C31H32F4N8OS. The molecule has 2 bridgehead atoms. The van der Waals surface area contributed by atoms with E-state index in [1.54, 1.807) is 10.7 Å². The molecule has 0 amide bonds. The van der Waals surface area contributed by atoms with Crippen molar-refractivity contribution in [2.45, 2.75) is 75.6 Å². The fraction of sp³-hybridized carbons (Fsp3) is 0.484. The third-order valence-corrected chi connectivity index (χ3v) is 9.96. The molecule has 3 atom stereocenters. The summed E-state index contributed by atoms with van der Waals surface area (Å²) < 4.78 is 71.0. The molecular weight excluding hydrogens is 608 g/mol. The molecule has 3 unspecified atom stereocenters. The van der Waals surface area contributed by atoms with Gasteiger partial charge in [0.05, 0.1) is 34.4 Å². The maximum atomic E-state index is 17.3. The average molecular weight is 641 g/mol. The maximum Gasteiger partial charge on any atom is 0.417 e. The molecule has 1 aromatic carbocycles. The molecule has 45 heavy (non-hydrogen) atoms. The van der Waals surface area contributed by atoms with Gasteiger partial charge in [0, 0.05) is 42.7 Å². The van der Waals surface area contributed by atoms with Crippen molar-refractivity contribution in [3.63, 3.8) is 0 Å². The lowest BCUT2D eigenvalue weighted by molar-refractivity contribution is -0.137. The number of ether oxygens (including phenoxy) is 1. The van der Waals surface area contributed by atoms with E-state index in [0.29, 0.717) is 71.3 Å². The van der Waals surface area contributed by atoms with Crippen LogP contribution >= 0.6 is 11.8 Å². The maximum absolute atomic E-state index is 17.3. The molecule has 1 N–H and O–H groups in total. The van der Waals surface area contributed by atoms with Crippen LogP contribution in [0.4, 0.5) is 23.4 Å².